The second-order valence-corrected chi connectivity index (χ2v) is 6.68. The summed E-state index contributed by atoms with van der Waals surface area (Å²) in [5.41, 5.74) is 1.09. The third-order valence-electron chi connectivity index (χ3n) is 3.53. The molecular weight excluding hydrogens is 283 g/mol. The zero-order valence-electron chi connectivity index (χ0n) is 13.3. The largest absolute Gasteiger partial charge is 0.374 e. The van der Waals surface area contributed by atoms with E-state index in [2.05, 4.69) is 6.92 Å². The minimum atomic E-state index is -1.31. The number of unbranched alkanes of at least 4 members (excludes halogenated alkanes) is 5. The van der Waals surface area contributed by atoms with E-state index in [4.69, 9.17) is 9.26 Å². The van der Waals surface area contributed by atoms with Gasteiger partial charge in [-0.25, -0.2) is 0 Å². The molecule has 0 saturated carbocycles. The molecule has 0 heterocycles. The fourth-order valence-electron chi connectivity index (χ4n) is 2.21. The Morgan fingerprint density at radius 1 is 1.05 bits per heavy atom. The van der Waals surface area contributed by atoms with Crippen LogP contribution in [0.25, 0.3) is 0 Å². The van der Waals surface area contributed by atoms with Crippen LogP contribution in [0.15, 0.2) is 30.3 Å². The van der Waals surface area contributed by atoms with Crippen molar-refractivity contribution in [3.05, 3.63) is 35.9 Å². The van der Waals surface area contributed by atoms with Gasteiger partial charge in [-0.2, -0.15) is 0 Å². The summed E-state index contributed by atoms with van der Waals surface area (Å²) in [5.74, 6) is 0. The summed E-state index contributed by atoms with van der Waals surface area (Å²) in [6.45, 7) is 2.64. The molecule has 0 aromatic heterocycles. The zero-order valence-corrected chi connectivity index (χ0v) is 14.2. The third-order valence-corrected chi connectivity index (χ3v) is 4.68. The van der Waals surface area contributed by atoms with Crippen LogP contribution in [0.4, 0.5) is 0 Å². The lowest BCUT2D eigenvalue weighted by Crippen LogP contribution is -2.08. The fourth-order valence-corrected chi connectivity index (χ4v) is 3.14. The highest BCUT2D eigenvalue weighted by Crippen LogP contribution is 2.34. The van der Waals surface area contributed by atoms with Crippen LogP contribution >= 0.6 is 8.38 Å². The highest BCUT2D eigenvalue weighted by Gasteiger charge is 2.13. The van der Waals surface area contributed by atoms with Crippen LogP contribution in [0.5, 0.6) is 0 Å². The molecule has 120 valence electrons. The molecule has 0 radical (unpaired) electrons. The summed E-state index contributed by atoms with van der Waals surface area (Å²) in [7, 11) is 0.361. The van der Waals surface area contributed by atoms with E-state index in [9.17, 15) is 4.89 Å². The molecule has 0 bridgehead atoms. The highest BCUT2D eigenvalue weighted by molar-refractivity contribution is 7.46. The van der Waals surface area contributed by atoms with Crippen LogP contribution in [0.3, 0.4) is 0 Å². The normalized spacial score (nSPS) is 14.0. The molecule has 0 saturated heterocycles. The topological polar surface area (TPSA) is 38.7 Å². The summed E-state index contributed by atoms with van der Waals surface area (Å²) in [4.78, 5) is 9.93. The first-order valence-corrected chi connectivity index (χ1v) is 9.34. The van der Waals surface area contributed by atoms with Gasteiger partial charge in [0.05, 0.1) is 6.61 Å². The molecule has 0 spiro atoms. The van der Waals surface area contributed by atoms with Gasteiger partial charge in [-0.1, -0.05) is 69.4 Å². The van der Waals surface area contributed by atoms with Crippen molar-refractivity contribution in [3.63, 3.8) is 0 Å². The molecule has 0 aliphatic carbocycles. The van der Waals surface area contributed by atoms with Gasteiger partial charge in [-0.15, -0.1) is 0 Å². The van der Waals surface area contributed by atoms with Gasteiger partial charge >= 0.3 is 0 Å². The average Bonchev–Trinajstić information content (AvgIpc) is 2.52. The Bertz CT molecular complexity index is 345. The van der Waals surface area contributed by atoms with Gasteiger partial charge in [-0.3, -0.25) is 0 Å². The van der Waals surface area contributed by atoms with Crippen molar-refractivity contribution in [1.29, 1.82) is 0 Å². The van der Waals surface area contributed by atoms with Gasteiger partial charge in [0.15, 0.2) is 8.38 Å². The molecule has 0 aliphatic heterocycles. The van der Waals surface area contributed by atoms with Crippen LogP contribution in [-0.2, 0) is 9.26 Å². The van der Waals surface area contributed by atoms with Gasteiger partial charge in [0.2, 0.25) is 0 Å². The Kier molecular flexibility index (Phi) is 10.7. The van der Waals surface area contributed by atoms with Gasteiger partial charge in [0, 0.05) is 13.3 Å². The minimum absolute atomic E-state index is 0.104. The van der Waals surface area contributed by atoms with E-state index in [1.807, 2.05) is 30.3 Å². The Balaban J connectivity index is 2.15. The maximum Gasteiger partial charge on any atom is 0.167 e. The molecule has 1 aromatic rings. The Morgan fingerprint density at radius 3 is 2.38 bits per heavy atom. The first-order chi connectivity index (χ1) is 10.3. The number of ether oxygens (including phenoxy) is 1. The van der Waals surface area contributed by atoms with Gasteiger partial charge < -0.3 is 14.2 Å². The minimum Gasteiger partial charge on any atom is -0.374 e. The maximum atomic E-state index is 9.93. The molecule has 21 heavy (non-hydrogen) atoms. The van der Waals surface area contributed by atoms with Crippen LogP contribution in [0.1, 0.15) is 57.1 Å². The Labute approximate surface area is 130 Å². The molecule has 0 fully saturated rings. The van der Waals surface area contributed by atoms with E-state index in [1.165, 1.54) is 32.1 Å². The number of methoxy groups -OCH3 is 1. The molecular formula is C17H29O3P. The zero-order chi connectivity index (χ0) is 15.3. The predicted molar refractivity (Wildman–Crippen MR) is 89.5 cm³/mol. The number of hydrogen-bond acceptors (Lipinski definition) is 3. The lowest BCUT2D eigenvalue weighted by atomic mass is 10.1. The van der Waals surface area contributed by atoms with Gasteiger partial charge in [0.25, 0.3) is 0 Å². The third kappa shape index (κ3) is 8.53. The molecule has 2 atom stereocenters. The maximum absolute atomic E-state index is 9.93. The Morgan fingerprint density at radius 2 is 1.71 bits per heavy atom. The molecule has 1 N–H and O–H groups in total. The molecule has 4 heteroatoms. The summed E-state index contributed by atoms with van der Waals surface area (Å²) in [5, 5.41) is 0. The van der Waals surface area contributed by atoms with Crippen molar-refractivity contribution in [2.24, 2.45) is 0 Å². The van der Waals surface area contributed by atoms with E-state index in [1.54, 1.807) is 7.11 Å². The first-order valence-electron chi connectivity index (χ1n) is 7.95. The van der Waals surface area contributed by atoms with Crippen molar-refractivity contribution in [3.8, 4) is 0 Å². The summed E-state index contributed by atoms with van der Waals surface area (Å²) in [6, 6.07) is 9.99. The van der Waals surface area contributed by atoms with Crippen molar-refractivity contribution in [1.82, 2.24) is 0 Å². The van der Waals surface area contributed by atoms with E-state index in [0.717, 1.165) is 18.1 Å². The van der Waals surface area contributed by atoms with Crippen LogP contribution < -0.4 is 0 Å². The summed E-state index contributed by atoms with van der Waals surface area (Å²) in [6.07, 6.45) is 8.07. The Hall–Kier alpha value is -0.470. The first kappa shape index (κ1) is 18.6. The van der Waals surface area contributed by atoms with Gasteiger partial charge in [-0.05, 0) is 12.0 Å². The fraction of sp³-hybridized carbons (Fsp3) is 0.647. The van der Waals surface area contributed by atoms with Crippen LogP contribution in [-0.4, -0.2) is 24.8 Å². The molecule has 3 nitrogen and oxygen atoms in total. The SMILES string of the molecule is CCCCCCCCP(O)OCC(OC)c1ccccc1. The summed E-state index contributed by atoms with van der Waals surface area (Å²) < 4.78 is 11.0. The molecule has 0 amide bonds. The average molecular weight is 312 g/mol. The summed E-state index contributed by atoms with van der Waals surface area (Å²) >= 11 is 0. The molecule has 1 rings (SSSR count). The number of rotatable bonds is 12. The second-order valence-electron chi connectivity index (χ2n) is 5.27. The van der Waals surface area contributed by atoms with Crippen LogP contribution in [0.2, 0.25) is 0 Å². The van der Waals surface area contributed by atoms with E-state index >= 15 is 0 Å². The predicted octanol–water partition coefficient (Wildman–Crippen LogP) is 5.06. The van der Waals surface area contributed by atoms with E-state index < -0.39 is 8.38 Å². The standard InChI is InChI=1S/C17H29O3P/c1-3-4-5-6-7-11-14-21(18)20-15-17(19-2)16-12-9-8-10-13-16/h8-10,12-13,17-18H,3-7,11,14-15H2,1-2H3. The highest BCUT2D eigenvalue weighted by atomic mass is 31.2. The second kappa shape index (κ2) is 12.1. The monoisotopic (exact) mass is 312 g/mol. The molecule has 2 unspecified atom stereocenters. The van der Waals surface area contributed by atoms with Crippen molar-refractivity contribution in [2.45, 2.75) is 51.6 Å². The van der Waals surface area contributed by atoms with Crippen molar-refractivity contribution >= 4 is 8.38 Å². The van der Waals surface area contributed by atoms with Crippen LogP contribution in [0, 0.1) is 0 Å². The molecule has 1 aromatic carbocycles. The van der Waals surface area contributed by atoms with Crippen molar-refractivity contribution < 1.29 is 14.2 Å². The van der Waals surface area contributed by atoms with Crippen molar-refractivity contribution in [2.75, 3.05) is 19.9 Å². The smallest absolute Gasteiger partial charge is 0.167 e. The lowest BCUT2D eigenvalue weighted by molar-refractivity contribution is 0.0581. The number of hydrogen-bond donors (Lipinski definition) is 1. The van der Waals surface area contributed by atoms with Gasteiger partial charge in [0.1, 0.15) is 6.10 Å². The van der Waals surface area contributed by atoms with E-state index in [0.29, 0.717) is 6.61 Å². The molecule has 0 aliphatic rings. The van der Waals surface area contributed by atoms with E-state index in [-0.39, 0.29) is 6.10 Å². The quantitative estimate of drug-likeness (QED) is 0.433. The number of benzene rings is 1. The lowest BCUT2D eigenvalue weighted by Gasteiger charge is -2.18.